The average Bonchev–Trinajstić information content (AvgIpc) is 2.26. The predicted octanol–water partition coefficient (Wildman–Crippen LogP) is 4.98. The molecule has 0 amide bonds. The summed E-state index contributed by atoms with van der Waals surface area (Å²) in [4.78, 5) is 0. The molecule has 0 radical (unpaired) electrons. The van der Waals surface area contributed by atoms with E-state index in [0.29, 0.717) is 5.92 Å². The van der Waals surface area contributed by atoms with Crippen LogP contribution in [0.3, 0.4) is 0 Å². The van der Waals surface area contributed by atoms with Gasteiger partial charge in [-0.25, -0.2) is 4.57 Å². The van der Waals surface area contributed by atoms with E-state index in [9.17, 15) is 4.57 Å². The molecular formula is C12H25O2P. The Kier molecular flexibility index (Phi) is 10.6. The minimum Gasteiger partial charge on any atom is -0.291 e. The SMILES string of the molecule is CCCCC(CC)C(CCCC)OP=O. The van der Waals surface area contributed by atoms with Gasteiger partial charge in [-0.3, -0.25) is 4.52 Å². The van der Waals surface area contributed by atoms with Crippen LogP contribution in [-0.2, 0) is 9.09 Å². The molecule has 0 aromatic rings. The molecule has 0 aromatic heterocycles. The van der Waals surface area contributed by atoms with Gasteiger partial charge in [0.25, 0.3) is 0 Å². The zero-order valence-electron chi connectivity index (χ0n) is 10.4. The largest absolute Gasteiger partial charge is 0.327 e. The number of hydrogen-bond acceptors (Lipinski definition) is 2. The number of rotatable bonds is 10. The molecule has 2 unspecified atom stereocenters. The van der Waals surface area contributed by atoms with Gasteiger partial charge in [0.1, 0.15) is 0 Å². The molecule has 0 aliphatic heterocycles. The molecule has 3 heteroatoms. The average molecular weight is 232 g/mol. The lowest BCUT2D eigenvalue weighted by atomic mass is 9.90. The summed E-state index contributed by atoms with van der Waals surface area (Å²) in [5, 5.41) is 0. The summed E-state index contributed by atoms with van der Waals surface area (Å²) in [6.45, 7) is 6.59. The van der Waals surface area contributed by atoms with Gasteiger partial charge in [0.15, 0.2) is 0 Å². The van der Waals surface area contributed by atoms with Crippen LogP contribution in [-0.4, -0.2) is 6.10 Å². The zero-order chi connectivity index (χ0) is 11.5. The van der Waals surface area contributed by atoms with Gasteiger partial charge >= 0.3 is 8.69 Å². The van der Waals surface area contributed by atoms with E-state index in [4.69, 9.17) is 4.52 Å². The van der Waals surface area contributed by atoms with Crippen LogP contribution in [0.4, 0.5) is 0 Å². The summed E-state index contributed by atoms with van der Waals surface area (Å²) in [7, 11) is -0.156. The third kappa shape index (κ3) is 7.03. The van der Waals surface area contributed by atoms with Crippen molar-refractivity contribution in [3.63, 3.8) is 0 Å². The van der Waals surface area contributed by atoms with E-state index in [1.165, 1.54) is 32.1 Å². The Hall–Kier alpha value is 0.0600. The van der Waals surface area contributed by atoms with E-state index in [0.717, 1.165) is 12.8 Å². The molecule has 0 saturated carbocycles. The Morgan fingerprint density at radius 2 is 1.67 bits per heavy atom. The Bertz CT molecular complexity index is 151. The Morgan fingerprint density at radius 1 is 1.07 bits per heavy atom. The summed E-state index contributed by atoms with van der Waals surface area (Å²) in [5.41, 5.74) is 0. The van der Waals surface area contributed by atoms with Crippen LogP contribution in [0.1, 0.15) is 65.7 Å². The molecule has 0 aromatic carbocycles. The highest BCUT2D eigenvalue weighted by Crippen LogP contribution is 2.26. The highest BCUT2D eigenvalue weighted by atomic mass is 31.1. The van der Waals surface area contributed by atoms with Crippen molar-refractivity contribution in [2.75, 3.05) is 0 Å². The van der Waals surface area contributed by atoms with Gasteiger partial charge in [-0.05, 0) is 18.8 Å². The van der Waals surface area contributed by atoms with Gasteiger partial charge in [0.2, 0.25) is 0 Å². The monoisotopic (exact) mass is 232 g/mol. The first-order valence-electron chi connectivity index (χ1n) is 6.28. The first-order chi connectivity index (χ1) is 7.29. The van der Waals surface area contributed by atoms with Crippen LogP contribution in [0.5, 0.6) is 0 Å². The second-order valence-electron chi connectivity index (χ2n) is 4.17. The second-order valence-corrected chi connectivity index (χ2v) is 4.53. The van der Waals surface area contributed by atoms with Crippen molar-refractivity contribution in [3.05, 3.63) is 0 Å². The van der Waals surface area contributed by atoms with Gasteiger partial charge in [-0.15, -0.1) is 0 Å². The maximum Gasteiger partial charge on any atom is 0.327 e. The second kappa shape index (κ2) is 10.6. The van der Waals surface area contributed by atoms with Crippen molar-refractivity contribution in [1.82, 2.24) is 0 Å². The van der Waals surface area contributed by atoms with E-state index >= 15 is 0 Å². The molecule has 0 aliphatic rings. The topological polar surface area (TPSA) is 26.3 Å². The maximum atomic E-state index is 10.5. The fraction of sp³-hybridized carbons (Fsp3) is 1.00. The Morgan fingerprint density at radius 3 is 2.13 bits per heavy atom. The van der Waals surface area contributed by atoms with Crippen LogP contribution in [0, 0.1) is 5.92 Å². The number of unbranched alkanes of at least 4 members (excludes halogenated alkanes) is 2. The van der Waals surface area contributed by atoms with Crippen LogP contribution in [0.2, 0.25) is 0 Å². The summed E-state index contributed by atoms with van der Waals surface area (Å²) < 4.78 is 15.9. The third-order valence-corrected chi connectivity index (χ3v) is 3.36. The van der Waals surface area contributed by atoms with E-state index < -0.39 is 0 Å². The minimum absolute atomic E-state index is 0.156. The van der Waals surface area contributed by atoms with Crippen molar-refractivity contribution in [1.29, 1.82) is 0 Å². The normalized spacial score (nSPS) is 15.4. The van der Waals surface area contributed by atoms with E-state index in [-0.39, 0.29) is 14.8 Å². The Balaban J connectivity index is 4.06. The van der Waals surface area contributed by atoms with Crippen molar-refractivity contribution < 1.29 is 9.09 Å². The summed E-state index contributed by atoms with van der Waals surface area (Å²) in [6, 6.07) is 0. The molecule has 0 spiro atoms. The fourth-order valence-electron chi connectivity index (χ4n) is 1.95. The van der Waals surface area contributed by atoms with Crippen LogP contribution >= 0.6 is 8.69 Å². The minimum atomic E-state index is -0.156. The van der Waals surface area contributed by atoms with Crippen molar-refractivity contribution >= 4 is 8.69 Å². The van der Waals surface area contributed by atoms with Crippen molar-refractivity contribution in [3.8, 4) is 0 Å². The third-order valence-electron chi connectivity index (χ3n) is 3.00. The van der Waals surface area contributed by atoms with E-state index in [1.807, 2.05) is 0 Å². The van der Waals surface area contributed by atoms with Crippen molar-refractivity contribution in [2.45, 2.75) is 71.8 Å². The zero-order valence-corrected chi connectivity index (χ0v) is 11.3. The highest BCUT2D eigenvalue weighted by molar-refractivity contribution is 7.17. The fourth-order valence-corrected chi connectivity index (χ4v) is 2.34. The predicted molar refractivity (Wildman–Crippen MR) is 65.3 cm³/mol. The molecule has 2 nitrogen and oxygen atoms in total. The highest BCUT2D eigenvalue weighted by Gasteiger charge is 2.20. The van der Waals surface area contributed by atoms with Crippen LogP contribution < -0.4 is 0 Å². The first kappa shape index (κ1) is 15.1. The Labute approximate surface area is 96.1 Å². The lowest BCUT2D eigenvalue weighted by molar-refractivity contribution is 0.126. The maximum absolute atomic E-state index is 10.5. The van der Waals surface area contributed by atoms with Gasteiger partial charge in [0.05, 0.1) is 6.10 Å². The van der Waals surface area contributed by atoms with Crippen LogP contribution in [0.15, 0.2) is 0 Å². The molecule has 2 atom stereocenters. The molecule has 0 fully saturated rings. The summed E-state index contributed by atoms with van der Waals surface area (Å²) in [5.74, 6) is 0.581. The van der Waals surface area contributed by atoms with Crippen molar-refractivity contribution in [2.24, 2.45) is 5.92 Å². The molecule has 0 heterocycles. The molecule has 0 aliphatic carbocycles. The standard InChI is InChI=1S/C12H25O2P/c1-4-7-9-11(6-3)12(14-15-13)10-8-5-2/h11-12H,4-10H2,1-3H3. The summed E-state index contributed by atoms with van der Waals surface area (Å²) >= 11 is 0. The van der Waals surface area contributed by atoms with Crippen LogP contribution in [0.25, 0.3) is 0 Å². The van der Waals surface area contributed by atoms with Gasteiger partial charge < -0.3 is 0 Å². The quantitative estimate of drug-likeness (QED) is 0.496. The van der Waals surface area contributed by atoms with E-state index in [2.05, 4.69) is 20.8 Å². The van der Waals surface area contributed by atoms with Gasteiger partial charge in [-0.1, -0.05) is 52.9 Å². The first-order valence-corrected chi connectivity index (χ1v) is 7.01. The summed E-state index contributed by atoms with van der Waals surface area (Å²) in [6.07, 6.45) is 8.41. The molecule has 0 bridgehead atoms. The molecule has 0 N–H and O–H groups in total. The molecular weight excluding hydrogens is 207 g/mol. The van der Waals surface area contributed by atoms with Gasteiger partial charge in [0, 0.05) is 0 Å². The molecule has 0 rings (SSSR count). The molecule has 15 heavy (non-hydrogen) atoms. The van der Waals surface area contributed by atoms with E-state index in [1.54, 1.807) is 0 Å². The van der Waals surface area contributed by atoms with Gasteiger partial charge in [-0.2, -0.15) is 0 Å². The molecule has 0 saturated heterocycles. The lowest BCUT2D eigenvalue weighted by Crippen LogP contribution is -2.20. The lowest BCUT2D eigenvalue weighted by Gasteiger charge is -2.23. The molecule has 90 valence electrons. The smallest absolute Gasteiger partial charge is 0.291 e. The number of hydrogen-bond donors (Lipinski definition) is 0.